The predicted molar refractivity (Wildman–Crippen MR) is 71.6 cm³/mol. The smallest absolute Gasteiger partial charge is 0.133 e. The van der Waals surface area contributed by atoms with E-state index in [0.717, 1.165) is 36.7 Å². The van der Waals surface area contributed by atoms with Crippen LogP contribution in [0.2, 0.25) is 0 Å². The minimum absolute atomic E-state index is 0.386. The molecule has 1 aliphatic heterocycles. The van der Waals surface area contributed by atoms with Crippen LogP contribution in [0, 0.1) is 13.8 Å². The van der Waals surface area contributed by atoms with Crippen LogP contribution in [0.5, 0.6) is 0 Å². The summed E-state index contributed by atoms with van der Waals surface area (Å²) in [6.07, 6.45) is 4.49. The van der Waals surface area contributed by atoms with Gasteiger partial charge in [-0.05, 0) is 33.2 Å². The molecule has 1 saturated heterocycles. The maximum atomic E-state index is 5.21. The second-order valence-corrected chi connectivity index (χ2v) is 5.40. The highest BCUT2D eigenvalue weighted by molar-refractivity contribution is 5.17. The zero-order chi connectivity index (χ0) is 13.4. The predicted octanol–water partition coefficient (Wildman–Crippen LogP) is 2.36. The Hall–Kier alpha value is -1.62. The van der Waals surface area contributed by atoms with Crippen molar-refractivity contribution in [3.63, 3.8) is 0 Å². The summed E-state index contributed by atoms with van der Waals surface area (Å²) < 4.78 is 7.10. The van der Waals surface area contributed by atoms with Gasteiger partial charge < -0.3 is 4.52 Å². The molecule has 0 amide bonds. The van der Waals surface area contributed by atoms with Gasteiger partial charge in [0.1, 0.15) is 11.5 Å². The molecule has 0 radical (unpaired) electrons. The van der Waals surface area contributed by atoms with Gasteiger partial charge in [0.15, 0.2) is 0 Å². The van der Waals surface area contributed by atoms with Crippen molar-refractivity contribution in [2.24, 2.45) is 7.05 Å². The molecular weight excluding hydrogens is 240 g/mol. The monoisotopic (exact) mass is 260 g/mol. The lowest BCUT2D eigenvalue weighted by atomic mass is 10.1. The van der Waals surface area contributed by atoms with Crippen LogP contribution in [0.15, 0.2) is 16.8 Å². The summed E-state index contributed by atoms with van der Waals surface area (Å²) >= 11 is 0. The molecular formula is C14H20N4O. The first-order valence-corrected chi connectivity index (χ1v) is 6.80. The Bertz CT molecular complexity index is 572. The van der Waals surface area contributed by atoms with E-state index >= 15 is 0 Å². The van der Waals surface area contributed by atoms with Gasteiger partial charge in [-0.25, -0.2) is 0 Å². The topological polar surface area (TPSA) is 47.1 Å². The van der Waals surface area contributed by atoms with Crippen LogP contribution in [0.25, 0.3) is 0 Å². The Kier molecular flexibility index (Phi) is 3.14. The molecule has 0 saturated carbocycles. The average molecular weight is 260 g/mol. The number of hydrogen-bond acceptors (Lipinski definition) is 4. The van der Waals surface area contributed by atoms with Gasteiger partial charge in [-0.3, -0.25) is 9.58 Å². The molecule has 102 valence electrons. The van der Waals surface area contributed by atoms with Crippen molar-refractivity contribution in [1.29, 1.82) is 0 Å². The highest BCUT2D eigenvalue weighted by Crippen LogP contribution is 2.32. The Morgan fingerprint density at radius 1 is 1.42 bits per heavy atom. The Morgan fingerprint density at radius 2 is 2.26 bits per heavy atom. The molecule has 5 nitrogen and oxygen atoms in total. The molecule has 0 aliphatic carbocycles. The second kappa shape index (κ2) is 4.81. The van der Waals surface area contributed by atoms with Gasteiger partial charge in [-0.15, -0.1) is 0 Å². The number of hydrogen-bond donors (Lipinski definition) is 0. The molecule has 2 aromatic heterocycles. The number of likely N-dealkylation sites (tertiary alicyclic amines) is 1. The number of nitrogens with zero attached hydrogens (tertiary/aromatic N) is 4. The standard InChI is InChI=1S/C14H20N4O/c1-10-7-13(16-19-10)14-5-4-6-18(14)9-12-8-17(3)15-11(12)2/h7-8,14H,4-6,9H2,1-3H3/t14-/m1/s1. The van der Waals surface area contributed by atoms with E-state index < -0.39 is 0 Å². The van der Waals surface area contributed by atoms with Gasteiger partial charge in [-0.1, -0.05) is 5.16 Å². The van der Waals surface area contributed by atoms with Crippen molar-refractivity contribution >= 4 is 0 Å². The highest BCUT2D eigenvalue weighted by atomic mass is 16.5. The molecule has 5 heteroatoms. The lowest BCUT2D eigenvalue weighted by Gasteiger charge is -2.22. The lowest BCUT2D eigenvalue weighted by molar-refractivity contribution is 0.236. The molecule has 2 aromatic rings. The molecule has 19 heavy (non-hydrogen) atoms. The van der Waals surface area contributed by atoms with Crippen molar-refractivity contribution < 1.29 is 4.52 Å². The third-order valence-corrected chi connectivity index (χ3v) is 3.84. The third-order valence-electron chi connectivity index (χ3n) is 3.84. The quantitative estimate of drug-likeness (QED) is 0.850. The molecule has 0 bridgehead atoms. The van der Waals surface area contributed by atoms with E-state index in [0.29, 0.717) is 6.04 Å². The first-order valence-electron chi connectivity index (χ1n) is 6.80. The molecule has 3 rings (SSSR count). The van der Waals surface area contributed by atoms with Crippen LogP contribution in [-0.2, 0) is 13.6 Å². The number of rotatable bonds is 3. The van der Waals surface area contributed by atoms with Gasteiger partial charge in [0.2, 0.25) is 0 Å². The van der Waals surface area contributed by atoms with Crippen molar-refractivity contribution in [3.05, 3.63) is 35.0 Å². The van der Waals surface area contributed by atoms with Gasteiger partial charge in [0.05, 0.1) is 11.7 Å². The fourth-order valence-corrected chi connectivity index (χ4v) is 2.92. The summed E-state index contributed by atoms with van der Waals surface area (Å²) in [6, 6.07) is 2.44. The lowest BCUT2D eigenvalue weighted by Crippen LogP contribution is -2.23. The van der Waals surface area contributed by atoms with Crippen LogP contribution >= 0.6 is 0 Å². The number of aryl methyl sites for hydroxylation is 3. The molecule has 0 N–H and O–H groups in total. The third kappa shape index (κ3) is 2.42. The van der Waals surface area contributed by atoms with Gasteiger partial charge >= 0.3 is 0 Å². The zero-order valence-electron chi connectivity index (χ0n) is 11.8. The minimum atomic E-state index is 0.386. The van der Waals surface area contributed by atoms with Crippen LogP contribution in [0.1, 0.15) is 41.6 Å². The Balaban J connectivity index is 1.78. The van der Waals surface area contributed by atoms with Crippen LogP contribution in [-0.4, -0.2) is 26.4 Å². The van der Waals surface area contributed by atoms with E-state index in [-0.39, 0.29) is 0 Å². The van der Waals surface area contributed by atoms with Gasteiger partial charge in [0.25, 0.3) is 0 Å². The zero-order valence-corrected chi connectivity index (χ0v) is 11.8. The van der Waals surface area contributed by atoms with Crippen molar-refractivity contribution in [2.75, 3.05) is 6.54 Å². The average Bonchev–Trinajstić information content (AvgIpc) is 3.02. The summed E-state index contributed by atoms with van der Waals surface area (Å²) in [7, 11) is 1.97. The maximum absolute atomic E-state index is 5.21. The second-order valence-electron chi connectivity index (χ2n) is 5.40. The molecule has 3 heterocycles. The maximum Gasteiger partial charge on any atom is 0.133 e. The molecule has 1 atom stereocenters. The van der Waals surface area contributed by atoms with E-state index in [1.54, 1.807) is 0 Å². The highest BCUT2D eigenvalue weighted by Gasteiger charge is 2.29. The summed E-state index contributed by atoms with van der Waals surface area (Å²) in [6.45, 7) is 6.07. The largest absolute Gasteiger partial charge is 0.361 e. The van der Waals surface area contributed by atoms with E-state index in [1.165, 1.54) is 12.0 Å². The first kappa shape index (κ1) is 12.4. The van der Waals surface area contributed by atoms with E-state index in [4.69, 9.17) is 4.52 Å². The normalized spacial score (nSPS) is 20.3. The van der Waals surface area contributed by atoms with Gasteiger partial charge in [0, 0.05) is 31.4 Å². The molecule has 0 spiro atoms. The molecule has 1 fully saturated rings. The van der Waals surface area contributed by atoms with E-state index in [9.17, 15) is 0 Å². The van der Waals surface area contributed by atoms with Crippen molar-refractivity contribution in [2.45, 2.75) is 39.3 Å². The molecule has 0 unspecified atom stereocenters. The molecule has 0 aromatic carbocycles. The van der Waals surface area contributed by atoms with Crippen molar-refractivity contribution in [1.82, 2.24) is 19.8 Å². The Labute approximate surface area is 113 Å². The molecule has 1 aliphatic rings. The summed E-state index contributed by atoms with van der Waals surface area (Å²) in [4.78, 5) is 2.47. The number of aromatic nitrogens is 3. The van der Waals surface area contributed by atoms with E-state index in [2.05, 4.69) is 34.3 Å². The fraction of sp³-hybridized carbons (Fsp3) is 0.571. The van der Waals surface area contributed by atoms with Crippen LogP contribution in [0.3, 0.4) is 0 Å². The summed E-state index contributed by atoms with van der Waals surface area (Å²) in [5.74, 6) is 0.888. The fourth-order valence-electron chi connectivity index (χ4n) is 2.92. The van der Waals surface area contributed by atoms with Crippen LogP contribution in [0.4, 0.5) is 0 Å². The minimum Gasteiger partial charge on any atom is -0.361 e. The summed E-state index contributed by atoms with van der Waals surface area (Å²) in [5.41, 5.74) is 3.48. The van der Waals surface area contributed by atoms with E-state index in [1.807, 2.05) is 18.7 Å². The van der Waals surface area contributed by atoms with Crippen LogP contribution < -0.4 is 0 Å². The Morgan fingerprint density at radius 3 is 2.89 bits per heavy atom. The van der Waals surface area contributed by atoms with Crippen molar-refractivity contribution in [3.8, 4) is 0 Å². The SMILES string of the molecule is Cc1cc([C@H]2CCCN2Cc2cn(C)nc2C)no1. The summed E-state index contributed by atoms with van der Waals surface area (Å²) in [5, 5.41) is 8.59. The first-order chi connectivity index (χ1) is 9.13. The van der Waals surface area contributed by atoms with Gasteiger partial charge in [-0.2, -0.15) is 5.10 Å².